The second-order valence-corrected chi connectivity index (χ2v) is 7.35. The average Bonchev–Trinajstić information content (AvgIpc) is 3.06. The number of aromatic nitrogens is 3. The summed E-state index contributed by atoms with van der Waals surface area (Å²) in [7, 11) is -2.52. The van der Waals surface area contributed by atoms with E-state index in [1.807, 2.05) is 0 Å². The van der Waals surface area contributed by atoms with E-state index in [-0.39, 0.29) is 15.8 Å². The first-order chi connectivity index (χ1) is 12.3. The van der Waals surface area contributed by atoms with E-state index in [0.29, 0.717) is 11.2 Å². The maximum Gasteiger partial charge on any atom is 0.422 e. The van der Waals surface area contributed by atoms with Gasteiger partial charge in [-0.15, -0.1) is 0 Å². The number of aryl methyl sites for hydroxylation is 1. The van der Waals surface area contributed by atoms with Gasteiger partial charge in [-0.3, -0.25) is 14.4 Å². The summed E-state index contributed by atoms with van der Waals surface area (Å²) in [4.78, 5) is 23.3. The molecule has 26 heavy (non-hydrogen) atoms. The van der Waals surface area contributed by atoms with Gasteiger partial charge in [0.05, 0.1) is 33.2 Å². The molecule has 10 heteroatoms. The van der Waals surface area contributed by atoms with E-state index < -0.39 is 21.4 Å². The quantitative estimate of drug-likeness (QED) is 0.556. The highest BCUT2D eigenvalue weighted by molar-refractivity contribution is 7.92. The van der Waals surface area contributed by atoms with E-state index in [1.54, 1.807) is 24.4 Å². The number of anilines is 1. The predicted molar refractivity (Wildman–Crippen MR) is 94.6 cm³/mol. The lowest BCUT2D eigenvalue weighted by atomic mass is 10.2. The van der Waals surface area contributed by atoms with Crippen molar-refractivity contribution in [1.29, 1.82) is 0 Å². The van der Waals surface area contributed by atoms with Crippen LogP contribution in [0.5, 0.6) is 0 Å². The number of nitrogens with zero attached hydrogens (tertiary/aromatic N) is 2. The fourth-order valence-corrected chi connectivity index (χ4v) is 3.73. The Hall–Kier alpha value is -3.40. The number of benzene rings is 2. The van der Waals surface area contributed by atoms with Crippen LogP contribution in [-0.2, 0) is 17.1 Å². The molecule has 0 unspecified atom stereocenters. The maximum atomic E-state index is 12.6. The zero-order valence-electron chi connectivity index (χ0n) is 13.4. The molecule has 2 aromatic carbocycles. The van der Waals surface area contributed by atoms with E-state index in [2.05, 4.69) is 19.3 Å². The van der Waals surface area contributed by atoms with Gasteiger partial charge in [0.25, 0.3) is 10.0 Å². The summed E-state index contributed by atoms with van der Waals surface area (Å²) in [5, 5.41) is 7.48. The number of hydrogen-bond donors (Lipinski definition) is 2. The number of hydrogen-bond acceptors (Lipinski definition) is 6. The van der Waals surface area contributed by atoms with Gasteiger partial charge in [-0.25, -0.2) is 18.0 Å². The highest BCUT2D eigenvalue weighted by Gasteiger charge is 2.17. The standard InChI is InChI=1S/C16H12N4O5S/c1-20-14-5-4-11(7-12(14)15(21)25-16(20)22)26(23,24)19-10-3-2-9-8-17-18-13(9)6-10/h2-8,19H,1H3,(H,17,18). The second kappa shape index (κ2) is 5.56. The Bertz CT molecular complexity index is 1380. The fourth-order valence-electron chi connectivity index (χ4n) is 2.65. The first kappa shape index (κ1) is 16.1. The molecule has 0 saturated heterocycles. The fraction of sp³-hybridized carbons (Fsp3) is 0.0625. The molecule has 4 aromatic rings. The molecule has 0 fully saturated rings. The van der Waals surface area contributed by atoms with E-state index in [9.17, 15) is 18.0 Å². The molecule has 0 aliphatic heterocycles. The van der Waals surface area contributed by atoms with Crippen molar-refractivity contribution in [2.24, 2.45) is 7.05 Å². The first-order valence-electron chi connectivity index (χ1n) is 7.45. The van der Waals surface area contributed by atoms with Gasteiger partial charge in [0.1, 0.15) is 0 Å². The lowest BCUT2D eigenvalue weighted by Crippen LogP contribution is -2.23. The molecule has 9 nitrogen and oxygen atoms in total. The molecule has 0 bridgehead atoms. The molecular weight excluding hydrogens is 360 g/mol. The van der Waals surface area contributed by atoms with E-state index in [0.717, 1.165) is 9.95 Å². The van der Waals surface area contributed by atoms with Crippen LogP contribution in [0, 0.1) is 0 Å². The van der Waals surface area contributed by atoms with Crippen LogP contribution in [0.25, 0.3) is 21.8 Å². The van der Waals surface area contributed by atoms with E-state index in [1.165, 1.54) is 25.2 Å². The van der Waals surface area contributed by atoms with Gasteiger partial charge >= 0.3 is 11.4 Å². The minimum atomic E-state index is -3.95. The molecule has 0 spiro atoms. The average molecular weight is 372 g/mol. The molecule has 0 radical (unpaired) electrons. The minimum Gasteiger partial charge on any atom is -0.372 e. The van der Waals surface area contributed by atoms with E-state index in [4.69, 9.17) is 0 Å². The smallest absolute Gasteiger partial charge is 0.372 e. The Morgan fingerprint density at radius 3 is 2.77 bits per heavy atom. The number of H-pyrrole nitrogens is 1. The molecule has 0 aliphatic rings. The van der Waals surface area contributed by atoms with E-state index >= 15 is 0 Å². The third-order valence-corrected chi connectivity index (χ3v) is 5.39. The van der Waals surface area contributed by atoms with Gasteiger partial charge in [-0.2, -0.15) is 5.10 Å². The largest absolute Gasteiger partial charge is 0.422 e. The Morgan fingerprint density at radius 1 is 1.15 bits per heavy atom. The molecule has 0 atom stereocenters. The van der Waals surface area contributed by atoms with Crippen molar-refractivity contribution in [3.05, 3.63) is 63.6 Å². The van der Waals surface area contributed by atoms with Crippen LogP contribution < -0.4 is 16.1 Å². The molecule has 0 saturated carbocycles. The van der Waals surface area contributed by atoms with Gasteiger partial charge in [0.15, 0.2) is 0 Å². The summed E-state index contributed by atoms with van der Waals surface area (Å²) in [6.45, 7) is 0. The monoisotopic (exact) mass is 372 g/mol. The van der Waals surface area contributed by atoms with Crippen LogP contribution in [0.1, 0.15) is 0 Å². The van der Waals surface area contributed by atoms with Gasteiger partial charge in [0, 0.05) is 12.4 Å². The normalized spacial score (nSPS) is 11.9. The van der Waals surface area contributed by atoms with Gasteiger partial charge in [0.2, 0.25) is 0 Å². The molecule has 0 amide bonds. The van der Waals surface area contributed by atoms with Crippen LogP contribution in [0.4, 0.5) is 5.69 Å². The SMILES string of the molecule is Cn1c(=O)oc(=O)c2cc(S(=O)(=O)Nc3ccc4cn[nH]c4c3)ccc21. The Balaban J connectivity index is 1.80. The Morgan fingerprint density at radius 2 is 1.96 bits per heavy atom. The first-order valence-corrected chi connectivity index (χ1v) is 8.93. The maximum absolute atomic E-state index is 12.6. The highest BCUT2D eigenvalue weighted by Crippen LogP contribution is 2.21. The van der Waals surface area contributed by atoms with Crippen LogP contribution in [-0.4, -0.2) is 23.2 Å². The van der Waals surface area contributed by atoms with Crippen molar-refractivity contribution in [1.82, 2.24) is 14.8 Å². The lowest BCUT2D eigenvalue weighted by Gasteiger charge is -2.09. The summed E-state index contributed by atoms with van der Waals surface area (Å²) in [5.41, 5.74) is 0.414. The second-order valence-electron chi connectivity index (χ2n) is 5.67. The molecule has 4 rings (SSSR count). The lowest BCUT2D eigenvalue weighted by molar-refractivity contribution is 0.432. The van der Waals surface area contributed by atoms with Gasteiger partial charge in [-0.05, 0) is 36.4 Å². The molecule has 2 heterocycles. The number of sulfonamides is 1. The molecule has 2 aromatic heterocycles. The summed E-state index contributed by atoms with van der Waals surface area (Å²) in [6.07, 6.45) is 1.63. The van der Waals surface area contributed by atoms with Crippen LogP contribution >= 0.6 is 0 Å². The summed E-state index contributed by atoms with van der Waals surface area (Å²) >= 11 is 0. The molecule has 132 valence electrons. The molecule has 2 N–H and O–H groups in total. The molecule has 0 aliphatic carbocycles. The number of nitrogens with one attached hydrogen (secondary N) is 2. The molecular formula is C16H12N4O5S. The minimum absolute atomic E-state index is 0.000931. The van der Waals surface area contributed by atoms with Crippen LogP contribution in [0.3, 0.4) is 0 Å². The van der Waals surface area contributed by atoms with Crippen molar-refractivity contribution in [3.8, 4) is 0 Å². The number of rotatable bonds is 3. The zero-order chi connectivity index (χ0) is 18.5. The predicted octanol–water partition coefficient (Wildman–Crippen LogP) is 1.17. The van der Waals surface area contributed by atoms with Crippen molar-refractivity contribution >= 4 is 37.5 Å². The number of aromatic amines is 1. The van der Waals surface area contributed by atoms with Gasteiger partial charge in [-0.1, -0.05) is 0 Å². The van der Waals surface area contributed by atoms with Crippen molar-refractivity contribution < 1.29 is 12.8 Å². The highest BCUT2D eigenvalue weighted by atomic mass is 32.2. The zero-order valence-corrected chi connectivity index (χ0v) is 14.2. The summed E-state index contributed by atoms with van der Waals surface area (Å²) in [5.74, 6) is -0.816. The Labute approximate surface area is 145 Å². The van der Waals surface area contributed by atoms with Crippen molar-refractivity contribution in [2.75, 3.05) is 4.72 Å². The topological polar surface area (TPSA) is 127 Å². The van der Waals surface area contributed by atoms with Crippen molar-refractivity contribution in [3.63, 3.8) is 0 Å². The number of fused-ring (bicyclic) bond motifs is 2. The third kappa shape index (κ3) is 2.56. The van der Waals surface area contributed by atoms with Gasteiger partial charge < -0.3 is 4.42 Å². The third-order valence-electron chi connectivity index (χ3n) is 4.01. The summed E-state index contributed by atoms with van der Waals surface area (Å²) < 4.78 is 33.4. The van der Waals surface area contributed by atoms with Crippen LogP contribution in [0.2, 0.25) is 0 Å². The van der Waals surface area contributed by atoms with Crippen molar-refractivity contribution in [2.45, 2.75) is 4.90 Å². The Kier molecular flexibility index (Phi) is 3.44. The summed E-state index contributed by atoms with van der Waals surface area (Å²) in [6, 6.07) is 8.82. The van der Waals surface area contributed by atoms with Crippen LogP contribution in [0.15, 0.2) is 61.5 Å².